The quantitative estimate of drug-likeness (QED) is 0.0459. The first kappa shape index (κ1) is 53.2. The number of hydrogen-bond donors (Lipinski definition) is 0. The minimum absolute atomic E-state index is 0.0724. The van der Waals surface area contributed by atoms with Gasteiger partial charge in [0.2, 0.25) is 13.4 Å². The number of hydrogen-bond acceptors (Lipinski definition) is 8. The lowest BCUT2D eigenvalue weighted by Gasteiger charge is -2.33. The van der Waals surface area contributed by atoms with Crippen molar-refractivity contribution in [1.29, 1.82) is 0 Å². The molecule has 0 unspecified atom stereocenters. The van der Waals surface area contributed by atoms with Gasteiger partial charge in [0.1, 0.15) is 26.4 Å². The van der Waals surface area contributed by atoms with E-state index in [1.54, 1.807) is 0 Å². The van der Waals surface area contributed by atoms with E-state index in [4.69, 9.17) is 18.9 Å². The van der Waals surface area contributed by atoms with Crippen LogP contribution in [0.2, 0.25) is 0 Å². The molecule has 0 bridgehead atoms. The van der Waals surface area contributed by atoms with Crippen molar-refractivity contribution in [2.45, 2.75) is 66.0 Å². The molecule has 0 aliphatic carbocycles. The molecular formula is C78H56B2O8. The van der Waals surface area contributed by atoms with Crippen LogP contribution >= 0.6 is 0 Å². The molecule has 0 fully saturated rings. The zero-order chi connectivity index (χ0) is 59.6. The van der Waals surface area contributed by atoms with Gasteiger partial charge in [-0.15, -0.1) is 0 Å². The number of ether oxygens (including phenoxy) is 4. The van der Waals surface area contributed by atoms with Gasteiger partial charge in [0, 0.05) is 0 Å². The smallest absolute Gasteiger partial charge is 0.338 e. The molecule has 12 aromatic rings. The average molecular weight is 1140 g/mol. The zero-order valence-corrected chi connectivity index (χ0v) is 49.0. The van der Waals surface area contributed by atoms with E-state index >= 15 is 0 Å². The molecule has 0 radical (unpaired) electrons. The Morgan fingerprint density at radius 2 is 0.602 bits per heavy atom. The highest BCUT2D eigenvalue weighted by Crippen LogP contribution is 2.50. The molecule has 12 aromatic carbocycles. The molecule has 0 amide bonds. The molecule has 422 valence electrons. The molecule has 0 spiro atoms. The predicted molar refractivity (Wildman–Crippen MR) is 352 cm³/mol. The topological polar surface area (TPSA) is 105 Å². The molecule has 0 saturated carbocycles. The Labute approximate surface area is 510 Å². The van der Waals surface area contributed by atoms with Gasteiger partial charge >= 0.3 is 23.9 Å². The Kier molecular flexibility index (Phi) is 12.5. The second-order valence-corrected chi connectivity index (χ2v) is 24.5. The van der Waals surface area contributed by atoms with Crippen molar-refractivity contribution in [3.63, 3.8) is 0 Å². The van der Waals surface area contributed by atoms with E-state index in [1.165, 1.54) is 22.1 Å². The fourth-order valence-corrected chi connectivity index (χ4v) is 14.7. The normalized spacial score (nSPS) is 12.6. The Morgan fingerprint density at radius 1 is 0.307 bits per heavy atom. The van der Waals surface area contributed by atoms with Crippen LogP contribution in [0.25, 0.3) is 76.8 Å². The summed E-state index contributed by atoms with van der Waals surface area (Å²) in [7, 11) is 0. The number of carbonyl (C=O) groups excluding carboxylic acids is 4. The Bertz CT molecular complexity index is 4630. The van der Waals surface area contributed by atoms with E-state index in [-0.39, 0.29) is 51.7 Å². The van der Waals surface area contributed by atoms with Crippen LogP contribution in [0, 0.1) is 0 Å². The molecule has 0 aromatic heterocycles. The zero-order valence-electron chi connectivity index (χ0n) is 49.0. The van der Waals surface area contributed by atoms with Gasteiger partial charge < -0.3 is 18.9 Å². The van der Waals surface area contributed by atoms with Gasteiger partial charge in [0.25, 0.3) is 0 Å². The summed E-state index contributed by atoms with van der Waals surface area (Å²) < 4.78 is 24.2. The van der Waals surface area contributed by atoms with Gasteiger partial charge in [0.05, 0.1) is 22.3 Å². The van der Waals surface area contributed by atoms with Crippen molar-refractivity contribution >= 4 is 102 Å². The second-order valence-electron chi connectivity index (χ2n) is 24.5. The van der Waals surface area contributed by atoms with Crippen LogP contribution in [-0.2, 0) is 45.4 Å². The molecule has 4 aliphatic heterocycles. The lowest BCUT2D eigenvalue weighted by Crippen LogP contribution is -2.53. The molecule has 4 aliphatic rings. The van der Waals surface area contributed by atoms with Crippen molar-refractivity contribution in [2.24, 2.45) is 0 Å². The highest BCUT2D eigenvalue weighted by atomic mass is 16.5. The van der Waals surface area contributed by atoms with Crippen molar-refractivity contribution in [3.05, 3.63) is 262 Å². The van der Waals surface area contributed by atoms with E-state index in [0.29, 0.717) is 22.3 Å². The maximum Gasteiger partial charge on any atom is 0.338 e. The summed E-state index contributed by atoms with van der Waals surface area (Å²) in [6, 6.07) is 68.3. The molecule has 0 atom stereocenters. The summed E-state index contributed by atoms with van der Waals surface area (Å²) in [6.45, 7) is 9.03. The number of fused-ring (bicyclic) bond motifs is 10. The predicted octanol–water partition coefficient (Wildman–Crippen LogP) is 13.2. The summed E-state index contributed by atoms with van der Waals surface area (Å²) >= 11 is 0. The summed E-state index contributed by atoms with van der Waals surface area (Å²) in [4.78, 5) is 57.5. The third-order valence-electron chi connectivity index (χ3n) is 18.7. The molecule has 88 heavy (non-hydrogen) atoms. The molecular weight excluding hydrogens is 1090 g/mol. The first-order valence-corrected chi connectivity index (χ1v) is 30.3. The number of esters is 4. The second kappa shape index (κ2) is 20.7. The lowest BCUT2D eigenvalue weighted by molar-refractivity contribution is 0.0464. The maximum absolute atomic E-state index is 14.7. The van der Waals surface area contributed by atoms with E-state index in [0.717, 1.165) is 121 Å². The number of benzene rings is 12. The molecule has 4 heterocycles. The molecule has 0 N–H and O–H groups in total. The van der Waals surface area contributed by atoms with Gasteiger partial charge in [-0.1, -0.05) is 206 Å². The van der Waals surface area contributed by atoms with Crippen molar-refractivity contribution < 1.29 is 38.1 Å². The van der Waals surface area contributed by atoms with Crippen LogP contribution in [-0.4, -0.2) is 37.3 Å². The number of carbonyl (C=O) groups is 4. The van der Waals surface area contributed by atoms with Crippen LogP contribution in [0.3, 0.4) is 0 Å². The Balaban J connectivity index is 0.929. The van der Waals surface area contributed by atoms with Crippen LogP contribution in [0.15, 0.2) is 206 Å². The molecule has 10 heteroatoms. The van der Waals surface area contributed by atoms with Gasteiger partial charge in [-0.25, -0.2) is 19.2 Å². The minimum atomic E-state index is -0.439. The Morgan fingerprint density at radius 3 is 0.920 bits per heavy atom. The van der Waals surface area contributed by atoms with E-state index in [9.17, 15) is 19.2 Å². The molecule has 16 rings (SSSR count). The Hall–Kier alpha value is -10.3. The summed E-state index contributed by atoms with van der Waals surface area (Å²) in [6.07, 6.45) is 0. The van der Waals surface area contributed by atoms with E-state index in [1.807, 2.05) is 170 Å². The van der Waals surface area contributed by atoms with E-state index < -0.39 is 23.9 Å². The van der Waals surface area contributed by atoms with Gasteiger partial charge in [-0.3, -0.25) is 0 Å². The largest absolute Gasteiger partial charge is 0.457 e. The first-order valence-electron chi connectivity index (χ1n) is 30.3. The van der Waals surface area contributed by atoms with Crippen molar-refractivity contribution in [2.75, 3.05) is 0 Å². The maximum atomic E-state index is 14.7. The summed E-state index contributed by atoms with van der Waals surface area (Å²) in [5, 5.41) is 6.88. The average Bonchev–Trinajstić information content (AvgIpc) is 1.25. The minimum Gasteiger partial charge on any atom is -0.457 e. The third-order valence-corrected chi connectivity index (χ3v) is 18.7. The van der Waals surface area contributed by atoms with Crippen LogP contribution < -0.4 is 32.8 Å². The van der Waals surface area contributed by atoms with Crippen LogP contribution in [0.4, 0.5) is 0 Å². The first-order chi connectivity index (χ1) is 42.9. The third kappa shape index (κ3) is 8.44. The fraction of sp³-hybridized carbons (Fsp3) is 0.128. The SMILES string of the molecule is CC(C)c1cc2c3c(cc4c(C(C)C)cc5c6c(cc1c3c46)B1c3ccc(C(=O)OCc4ccccc4)cc3-c3cc(C(=O)OCc4ccccc4)cc-5c31)B1c3ccc(C(=O)OCc4ccccc4)cc3-c3cc(C(=O)OCc4ccccc4)cc-2c31. The summed E-state index contributed by atoms with van der Waals surface area (Å²) in [5.41, 5.74) is 21.7. The van der Waals surface area contributed by atoms with Gasteiger partial charge in [0.15, 0.2) is 0 Å². The van der Waals surface area contributed by atoms with Crippen molar-refractivity contribution in [1.82, 2.24) is 0 Å². The van der Waals surface area contributed by atoms with Crippen molar-refractivity contribution in [3.8, 4) is 44.5 Å². The summed E-state index contributed by atoms with van der Waals surface area (Å²) in [5.74, 6) is -1.59. The highest BCUT2D eigenvalue weighted by Gasteiger charge is 2.46. The monoisotopic (exact) mass is 1140 g/mol. The van der Waals surface area contributed by atoms with Crippen LogP contribution in [0.1, 0.15) is 114 Å². The van der Waals surface area contributed by atoms with Crippen LogP contribution in [0.5, 0.6) is 0 Å². The highest BCUT2D eigenvalue weighted by molar-refractivity contribution is 7.03. The number of rotatable bonds is 14. The molecule has 8 nitrogen and oxygen atoms in total. The van der Waals surface area contributed by atoms with E-state index in [2.05, 4.69) is 64.1 Å². The lowest BCUT2D eigenvalue weighted by atomic mass is 9.34. The molecule has 0 saturated heterocycles. The standard InChI is InChI=1S/C78H56B2O8/c1-43(2)53-35-57-63-33-51(77(83)87-41-47-21-13-7-14-22-47)31-61-55-29-50(76(82)86-40-46-19-11-6-12-20-46)26-28-66(55)80(73(61)63)68-38-60-54(44(3)4)36-58-64-34-52(78(84)88-42-48-23-15-8-16-24-48)32-62-56-30-49(75(81)85-39-45-17-9-5-10-18-45)25-27-65(56)79(74(62)64)67-37-59(53)71(69(57)68)72(60)70(58)67/h5-38,43-44H,39-42H2,1-4H3. The van der Waals surface area contributed by atoms with Gasteiger partial charge in [-0.05, 0) is 183 Å². The van der Waals surface area contributed by atoms with Gasteiger partial charge in [-0.2, -0.15) is 0 Å². The fourth-order valence-electron chi connectivity index (χ4n) is 14.7.